The normalized spacial score (nSPS) is 15.0. The van der Waals surface area contributed by atoms with Gasteiger partial charge in [-0.1, -0.05) is 18.7 Å². The van der Waals surface area contributed by atoms with E-state index in [0.29, 0.717) is 13.0 Å². The average molecular weight is 187 g/mol. The van der Waals surface area contributed by atoms with Crippen molar-refractivity contribution in [2.75, 3.05) is 12.3 Å². The molecule has 1 unspecified atom stereocenters. The molecule has 1 nitrogen and oxygen atoms in total. The number of alkyl halides is 3. The van der Waals surface area contributed by atoms with Crippen LogP contribution in [0.15, 0.2) is 0 Å². The highest BCUT2D eigenvalue weighted by Crippen LogP contribution is 2.31. The Bertz CT molecular complexity index is 104. The fraction of sp³-hybridized carbons (Fsp3) is 1.00. The highest BCUT2D eigenvalue weighted by atomic mass is 32.2. The largest absolute Gasteiger partial charge is 0.441 e. The maximum atomic E-state index is 11.5. The maximum Gasteiger partial charge on any atom is 0.441 e. The monoisotopic (exact) mass is 187 g/mol. The van der Waals surface area contributed by atoms with E-state index in [4.69, 9.17) is 5.73 Å². The predicted octanol–water partition coefficient (Wildman–Crippen LogP) is 2.22. The Morgan fingerprint density at radius 2 is 2.00 bits per heavy atom. The van der Waals surface area contributed by atoms with Crippen molar-refractivity contribution >= 4 is 11.8 Å². The third-order valence-electron chi connectivity index (χ3n) is 1.28. The Kier molecular flexibility index (Phi) is 4.92. The third-order valence-corrected chi connectivity index (χ3v) is 2.05. The Morgan fingerprint density at radius 3 is 2.36 bits per heavy atom. The second kappa shape index (κ2) is 4.87. The molecule has 1 atom stereocenters. The minimum atomic E-state index is -4.09. The van der Waals surface area contributed by atoms with Gasteiger partial charge in [0.25, 0.3) is 0 Å². The Morgan fingerprint density at radius 1 is 1.45 bits per heavy atom. The van der Waals surface area contributed by atoms with Crippen LogP contribution in [0.2, 0.25) is 0 Å². The number of thioether (sulfide) groups is 1. The molecule has 0 bridgehead atoms. The number of hydrogen-bond acceptors (Lipinski definition) is 2. The van der Waals surface area contributed by atoms with E-state index in [0.717, 1.165) is 0 Å². The molecule has 0 fully saturated rings. The SMILES string of the molecule is CC(CN)CCSC(F)(F)F. The van der Waals surface area contributed by atoms with E-state index in [1.807, 2.05) is 6.92 Å². The summed E-state index contributed by atoms with van der Waals surface area (Å²) < 4.78 is 34.6. The van der Waals surface area contributed by atoms with Gasteiger partial charge in [-0.2, -0.15) is 13.2 Å². The van der Waals surface area contributed by atoms with Crippen molar-refractivity contribution in [2.24, 2.45) is 11.7 Å². The molecular formula is C6H12F3NS. The van der Waals surface area contributed by atoms with Crippen molar-refractivity contribution in [3.05, 3.63) is 0 Å². The number of rotatable bonds is 4. The molecule has 68 valence electrons. The molecule has 2 N–H and O–H groups in total. The third kappa shape index (κ3) is 8.00. The molecule has 0 aromatic rings. The molecular weight excluding hydrogens is 175 g/mol. The molecule has 5 heteroatoms. The highest BCUT2D eigenvalue weighted by molar-refractivity contribution is 8.00. The van der Waals surface area contributed by atoms with Crippen LogP contribution in [0.1, 0.15) is 13.3 Å². The van der Waals surface area contributed by atoms with Crippen LogP contribution in [0.5, 0.6) is 0 Å². The summed E-state index contributed by atoms with van der Waals surface area (Å²) in [6.45, 7) is 2.30. The quantitative estimate of drug-likeness (QED) is 0.730. The van der Waals surface area contributed by atoms with Crippen LogP contribution >= 0.6 is 11.8 Å². The van der Waals surface area contributed by atoms with Gasteiger partial charge in [0.1, 0.15) is 0 Å². The molecule has 0 saturated carbocycles. The molecule has 0 aliphatic rings. The first-order chi connectivity index (χ1) is 4.95. The Labute approximate surface area is 68.5 Å². The number of halogens is 3. The van der Waals surface area contributed by atoms with E-state index >= 15 is 0 Å². The summed E-state index contributed by atoms with van der Waals surface area (Å²) in [7, 11) is 0. The van der Waals surface area contributed by atoms with Crippen LogP contribution in [-0.2, 0) is 0 Å². The van der Waals surface area contributed by atoms with Gasteiger partial charge in [0.15, 0.2) is 0 Å². The zero-order valence-electron chi connectivity index (χ0n) is 6.32. The van der Waals surface area contributed by atoms with Crippen LogP contribution in [0, 0.1) is 5.92 Å². The van der Waals surface area contributed by atoms with Crippen LogP contribution < -0.4 is 5.73 Å². The first kappa shape index (κ1) is 11.1. The molecule has 0 aliphatic carbocycles. The summed E-state index contributed by atoms with van der Waals surface area (Å²) in [6.07, 6.45) is 0.528. The lowest BCUT2D eigenvalue weighted by Crippen LogP contribution is -2.12. The zero-order valence-corrected chi connectivity index (χ0v) is 7.13. The minimum Gasteiger partial charge on any atom is -0.330 e. The van der Waals surface area contributed by atoms with Gasteiger partial charge in [-0.3, -0.25) is 0 Å². The van der Waals surface area contributed by atoms with Gasteiger partial charge in [-0.15, -0.1) is 0 Å². The van der Waals surface area contributed by atoms with Crippen LogP contribution in [0.3, 0.4) is 0 Å². The van der Waals surface area contributed by atoms with Gasteiger partial charge < -0.3 is 5.73 Å². The Hall–Kier alpha value is 0.100. The van der Waals surface area contributed by atoms with Gasteiger partial charge in [-0.05, 0) is 18.9 Å². The molecule has 0 radical (unpaired) electrons. The molecule has 0 amide bonds. The summed E-state index contributed by atoms with van der Waals surface area (Å²) in [5, 5.41) is 0. The predicted molar refractivity (Wildman–Crippen MR) is 41.3 cm³/mol. The van der Waals surface area contributed by atoms with Crippen molar-refractivity contribution in [2.45, 2.75) is 18.9 Å². The Balaban J connectivity index is 3.28. The van der Waals surface area contributed by atoms with Crippen LogP contribution in [0.4, 0.5) is 13.2 Å². The smallest absolute Gasteiger partial charge is 0.330 e. The summed E-state index contributed by atoms with van der Waals surface area (Å²) in [5.74, 6) is 0.298. The molecule has 0 aliphatic heterocycles. The van der Waals surface area contributed by atoms with Gasteiger partial charge in [0.05, 0.1) is 0 Å². The molecule has 11 heavy (non-hydrogen) atoms. The minimum absolute atomic E-state index is 0.0217. The molecule has 0 saturated heterocycles. The number of hydrogen-bond donors (Lipinski definition) is 1. The van der Waals surface area contributed by atoms with E-state index in [2.05, 4.69) is 0 Å². The molecule has 0 heterocycles. The van der Waals surface area contributed by atoms with E-state index < -0.39 is 5.51 Å². The van der Waals surface area contributed by atoms with Crippen LogP contribution in [-0.4, -0.2) is 17.8 Å². The first-order valence-corrected chi connectivity index (χ1v) is 4.35. The van der Waals surface area contributed by atoms with Crippen molar-refractivity contribution in [1.29, 1.82) is 0 Å². The second-order valence-electron chi connectivity index (χ2n) is 2.42. The summed E-state index contributed by atoms with van der Waals surface area (Å²) >= 11 is 0.0217. The summed E-state index contributed by atoms with van der Waals surface area (Å²) in [4.78, 5) is 0. The van der Waals surface area contributed by atoms with Crippen molar-refractivity contribution in [3.8, 4) is 0 Å². The highest BCUT2D eigenvalue weighted by Gasteiger charge is 2.27. The second-order valence-corrected chi connectivity index (χ2v) is 3.58. The molecule has 0 rings (SSSR count). The lowest BCUT2D eigenvalue weighted by atomic mass is 10.1. The van der Waals surface area contributed by atoms with Gasteiger partial charge in [-0.25, -0.2) is 0 Å². The van der Waals surface area contributed by atoms with Gasteiger partial charge in [0, 0.05) is 5.75 Å². The number of nitrogens with two attached hydrogens (primary N) is 1. The van der Waals surface area contributed by atoms with Crippen molar-refractivity contribution < 1.29 is 13.2 Å². The molecule has 0 spiro atoms. The van der Waals surface area contributed by atoms with Crippen molar-refractivity contribution in [1.82, 2.24) is 0 Å². The summed E-state index contributed by atoms with van der Waals surface area (Å²) in [5.41, 5.74) is 1.14. The standard InChI is InChI=1S/C6H12F3NS/c1-5(4-10)2-3-11-6(7,8)9/h5H,2-4,10H2,1H3. The molecule has 0 aromatic heterocycles. The van der Waals surface area contributed by atoms with Crippen molar-refractivity contribution in [3.63, 3.8) is 0 Å². The average Bonchev–Trinajstić information content (AvgIpc) is 1.85. The lowest BCUT2D eigenvalue weighted by Gasteiger charge is -2.08. The van der Waals surface area contributed by atoms with Gasteiger partial charge in [0.2, 0.25) is 0 Å². The lowest BCUT2D eigenvalue weighted by molar-refractivity contribution is -0.0328. The first-order valence-electron chi connectivity index (χ1n) is 3.36. The topological polar surface area (TPSA) is 26.0 Å². The van der Waals surface area contributed by atoms with E-state index in [1.54, 1.807) is 0 Å². The van der Waals surface area contributed by atoms with Gasteiger partial charge >= 0.3 is 5.51 Å². The van der Waals surface area contributed by atoms with Crippen LogP contribution in [0.25, 0.3) is 0 Å². The maximum absolute atomic E-state index is 11.5. The van der Waals surface area contributed by atoms with E-state index in [9.17, 15) is 13.2 Å². The summed E-state index contributed by atoms with van der Waals surface area (Å²) in [6, 6.07) is 0. The molecule has 0 aromatic carbocycles. The van der Waals surface area contributed by atoms with E-state index in [1.165, 1.54) is 0 Å². The fourth-order valence-corrected chi connectivity index (χ4v) is 1.25. The van der Waals surface area contributed by atoms with E-state index in [-0.39, 0.29) is 23.4 Å². The zero-order chi connectivity index (χ0) is 8.91. The fourth-order valence-electron chi connectivity index (χ4n) is 0.494.